The van der Waals surface area contributed by atoms with Crippen LogP contribution < -0.4 is 0 Å². The van der Waals surface area contributed by atoms with Crippen LogP contribution in [-0.4, -0.2) is 29.6 Å². The van der Waals surface area contributed by atoms with E-state index in [1.54, 1.807) is 4.90 Å². The molecule has 0 spiro atoms. The Morgan fingerprint density at radius 1 is 1.46 bits per heavy atom. The van der Waals surface area contributed by atoms with Crippen molar-refractivity contribution in [2.75, 3.05) is 13.1 Å². The number of halogens is 1. The number of likely N-dealkylation sites (tertiary alicyclic amines) is 1. The molecule has 1 aliphatic rings. The molecule has 0 N–H and O–H groups in total. The molecule has 1 amide bonds. The zero-order valence-corrected chi connectivity index (χ0v) is 8.80. The number of carbonyl (C=O) groups excluding carboxylic acids is 1. The fourth-order valence-corrected chi connectivity index (χ4v) is 1.48. The van der Waals surface area contributed by atoms with Crippen LogP contribution in [0.15, 0.2) is 0 Å². The summed E-state index contributed by atoms with van der Waals surface area (Å²) in [7, 11) is 0. The Kier molecular flexibility index (Phi) is 2.64. The minimum absolute atomic E-state index is 0.371. The Morgan fingerprint density at radius 2 is 1.92 bits per heavy atom. The zero-order valence-electron chi connectivity index (χ0n) is 8.80. The van der Waals surface area contributed by atoms with E-state index in [1.807, 2.05) is 0 Å². The van der Waals surface area contributed by atoms with E-state index in [1.165, 1.54) is 13.8 Å². The van der Waals surface area contributed by atoms with Gasteiger partial charge in [0.05, 0.1) is 0 Å². The summed E-state index contributed by atoms with van der Waals surface area (Å²) in [5.41, 5.74) is -1.71. The number of alkyl halides is 1. The monoisotopic (exact) mass is 187 g/mol. The highest BCUT2D eigenvalue weighted by Gasteiger charge is 2.39. The van der Waals surface area contributed by atoms with E-state index in [2.05, 4.69) is 13.8 Å². The molecule has 1 rings (SSSR count). The van der Waals surface area contributed by atoms with E-state index in [-0.39, 0.29) is 5.91 Å². The van der Waals surface area contributed by atoms with Gasteiger partial charge in [-0.05, 0) is 25.7 Å². The molecule has 0 aromatic carbocycles. The lowest BCUT2D eigenvalue weighted by Gasteiger charge is -2.43. The van der Waals surface area contributed by atoms with Crippen molar-refractivity contribution in [1.29, 1.82) is 0 Å². The first-order valence-corrected chi connectivity index (χ1v) is 4.80. The summed E-state index contributed by atoms with van der Waals surface area (Å²) in [4.78, 5) is 13.0. The summed E-state index contributed by atoms with van der Waals surface area (Å²) in [6, 6.07) is 0. The number of hydrogen-bond donors (Lipinski definition) is 0. The molecule has 1 heterocycles. The molecular weight excluding hydrogens is 169 g/mol. The Labute approximate surface area is 79.1 Å². The Bertz CT molecular complexity index is 201. The van der Waals surface area contributed by atoms with Gasteiger partial charge >= 0.3 is 0 Å². The zero-order chi connectivity index (χ0) is 10.2. The first kappa shape index (κ1) is 10.5. The number of nitrogens with zero attached hydrogens (tertiary/aromatic N) is 1. The Balaban J connectivity index is 2.40. The van der Waals surface area contributed by atoms with E-state index in [0.717, 1.165) is 13.1 Å². The van der Waals surface area contributed by atoms with Crippen molar-refractivity contribution in [3.63, 3.8) is 0 Å². The highest BCUT2D eigenvalue weighted by Crippen LogP contribution is 2.26. The van der Waals surface area contributed by atoms with E-state index in [9.17, 15) is 9.18 Å². The van der Waals surface area contributed by atoms with Crippen molar-refractivity contribution in [3.05, 3.63) is 0 Å². The molecule has 3 heteroatoms. The topological polar surface area (TPSA) is 20.3 Å². The normalized spacial score (nSPS) is 19.1. The van der Waals surface area contributed by atoms with Gasteiger partial charge in [0, 0.05) is 13.1 Å². The lowest BCUT2D eigenvalue weighted by Crippen LogP contribution is -2.56. The van der Waals surface area contributed by atoms with Crippen molar-refractivity contribution in [2.45, 2.75) is 33.4 Å². The van der Waals surface area contributed by atoms with Crippen LogP contribution >= 0.6 is 0 Å². The fourth-order valence-electron chi connectivity index (χ4n) is 1.48. The maximum atomic E-state index is 13.2. The summed E-state index contributed by atoms with van der Waals surface area (Å²) in [5.74, 6) is 0.780. The van der Waals surface area contributed by atoms with Crippen LogP contribution in [0, 0.1) is 11.8 Å². The molecule has 0 unspecified atom stereocenters. The summed E-state index contributed by atoms with van der Waals surface area (Å²) >= 11 is 0. The molecule has 0 radical (unpaired) electrons. The molecule has 0 aliphatic carbocycles. The standard InChI is InChI=1S/C10H18FNO/c1-7(2)8-5-12(6-8)9(13)10(3,4)11/h7-8H,5-6H2,1-4H3. The predicted molar refractivity (Wildman–Crippen MR) is 50.1 cm³/mol. The second-order valence-electron chi connectivity index (χ2n) is 4.69. The third kappa shape index (κ3) is 2.20. The average Bonchev–Trinajstić information content (AvgIpc) is 1.80. The fraction of sp³-hybridized carbons (Fsp3) is 0.900. The van der Waals surface area contributed by atoms with Gasteiger partial charge in [-0.25, -0.2) is 4.39 Å². The average molecular weight is 187 g/mol. The van der Waals surface area contributed by atoms with Crippen LogP contribution in [0.1, 0.15) is 27.7 Å². The van der Waals surface area contributed by atoms with Crippen LogP contribution in [0.25, 0.3) is 0 Å². The maximum absolute atomic E-state index is 13.2. The van der Waals surface area contributed by atoms with Crippen LogP contribution in [0.5, 0.6) is 0 Å². The first-order chi connectivity index (χ1) is 5.82. The van der Waals surface area contributed by atoms with E-state index in [4.69, 9.17) is 0 Å². The maximum Gasteiger partial charge on any atom is 0.259 e. The molecule has 0 atom stereocenters. The van der Waals surface area contributed by atoms with Gasteiger partial charge in [-0.3, -0.25) is 4.79 Å². The summed E-state index contributed by atoms with van der Waals surface area (Å²) < 4.78 is 13.2. The number of hydrogen-bond acceptors (Lipinski definition) is 1. The summed E-state index contributed by atoms with van der Waals surface area (Å²) in [5, 5.41) is 0. The highest BCUT2D eigenvalue weighted by molar-refractivity contribution is 5.84. The largest absolute Gasteiger partial charge is 0.339 e. The van der Waals surface area contributed by atoms with Crippen LogP contribution in [0.2, 0.25) is 0 Å². The number of carbonyl (C=O) groups is 1. The number of rotatable bonds is 2. The third-order valence-corrected chi connectivity index (χ3v) is 2.65. The van der Waals surface area contributed by atoms with Crippen molar-refractivity contribution in [2.24, 2.45) is 11.8 Å². The molecule has 0 aromatic rings. The number of amides is 1. The molecule has 0 aromatic heterocycles. The van der Waals surface area contributed by atoms with Gasteiger partial charge in [-0.2, -0.15) is 0 Å². The van der Waals surface area contributed by atoms with Crippen molar-refractivity contribution < 1.29 is 9.18 Å². The van der Waals surface area contributed by atoms with Crippen molar-refractivity contribution in [3.8, 4) is 0 Å². The van der Waals surface area contributed by atoms with Gasteiger partial charge in [-0.1, -0.05) is 13.8 Å². The molecule has 1 fully saturated rings. The van der Waals surface area contributed by atoms with Crippen molar-refractivity contribution >= 4 is 5.91 Å². The molecular formula is C10H18FNO. The lowest BCUT2D eigenvalue weighted by atomic mass is 9.87. The Morgan fingerprint density at radius 3 is 2.23 bits per heavy atom. The molecule has 0 saturated carbocycles. The second kappa shape index (κ2) is 3.28. The van der Waals surface area contributed by atoms with Gasteiger partial charge in [0.2, 0.25) is 0 Å². The lowest BCUT2D eigenvalue weighted by molar-refractivity contribution is -0.149. The van der Waals surface area contributed by atoms with Crippen molar-refractivity contribution in [1.82, 2.24) is 4.90 Å². The molecule has 1 aliphatic heterocycles. The van der Waals surface area contributed by atoms with E-state index >= 15 is 0 Å². The van der Waals surface area contributed by atoms with Crippen LogP contribution in [0.4, 0.5) is 4.39 Å². The predicted octanol–water partition coefficient (Wildman–Crippen LogP) is 1.85. The van der Waals surface area contributed by atoms with Crippen LogP contribution in [-0.2, 0) is 4.79 Å². The van der Waals surface area contributed by atoms with Crippen LogP contribution in [0.3, 0.4) is 0 Å². The molecule has 76 valence electrons. The minimum Gasteiger partial charge on any atom is -0.339 e. The molecule has 13 heavy (non-hydrogen) atoms. The molecule has 1 saturated heterocycles. The van der Waals surface area contributed by atoms with Gasteiger partial charge in [0.15, 0.2) is 5.67 Å². The second-order valence-corrected chi connectivity index (χ2v) is 4.69. The Hall–Kier alpha value is -0.600. The summed E-state index contributed by atoms with van der Waals surface area (Å²) in [6.07, 6.45) is 0. The van der Waals surface area contributed by atoms with Gasteiger partial charge in [0.1, 0.15) is 0 Å². The quantitative estimate of drug-likeness (QED) is 0.646. The summed E-state index contributed by atoms with van der Waals surface area (Å²) in [6.45, 7) is 8.35. The minimum atomic E-state index is -1.71. The highest BCUT2D eigenvalue weighted by atomic mass is 19.1. The van der Waals surface area contributed by atoms with Gasteiger partial charge in [-0.15, -0.1) is 0 Å². The third-order valence-electron chi connectivity index (χ3n) is 2.65. The van der Waals surface area contributed by atoms with E-state index < -0.39 is 5.67 Å². The first-order valence-electron chi connectivity index (χ1n) is 4.80. The molecule has 0 bridgehead atoms. The smallest absolute Gasteiger partial charge is 0.259 e. The van der Waals surface area contributed by atoms with E-state index in [0.29, 0.717) is 11.8 Å². The molecule has 2 nitrogen and oxygen atoms in total. The van der Waals surface area contributed by atoms with Gasteiger partial charge in [0.25, 0.3) is 5.91 Å². The van der Waals surface area contributed by atoms with Gasteiger partial charge < -0.3 is 4.90 Å². The SMILES string of the molecule is CC(C)C1CN(C(=O)C(C)(C)F)C1.